The van der Waals surface area contributed by atoms with E-state index in [1.165, 1.54) is 27.5 Å². The highest BCUT2D eigenvalue weighted by Gasteiger charge is 2.44. The summed E-state index contributed by atoms with van der Waals surface area (Å²) in [6, 6.07) is 55.1. The highest BCUT2D eigenvalue weighted by Crippen LogP contribution is 2.50. The van der Waals surface area contributed by atoms with E-state index >= 15 is 0 Å². The summed E-state index contributed by atoms with van der Waals surface area (Å²) in [6.45, 7) is 13.6. The molecule has 2 aliphatic heterocycles. The molecule has 9 aromatic carbocycles. The minimum Gasteiger partial charge on any atom is -0.311 e. The summed E-state index contributed by atoms with van der Waals surface area (Å²) >= 11 is 0. The van der Waals surface area contributed by atoms with Gasteiger partial charge in [0, 0.05) is 34.1 Å². The first-order chi connectivity index (χ1) is 31.6. The highest BCUT2D eigenvalue weighted by molar-refractivity contribution is 7.00. The van der Waals surface area contributed by atoms with E-state index < -0.39 is 6.04 Å². The molecule has 0 aromatic heterocycles. The summed E-state index contributed by atoms with van der Waals surface area (Å²) in [5, 5.41) is 3.48. The number of anilines is 6. The third-order valence-corrected chi connectivity index (χ3v) is 12.8. The Morgan fingerprint density at radius 2 is 0.803 bits per heavy atom. The lowest BCUT2D eigenvalue weighted by Crippen LogP contribution is -2.61. The first-order valence-electron chi connectivity index (χ1n) is 23.8. The van der Waals surface area contributed by atoms with Crippen LogP contribution in [0, 0.1) is 0 Å². The van der Waals surface area contributed by atoms with Crippen LogP contribution < -0.4 is 26.2 Å². The minimum absolute atomic E-state index is 0.0723. The maximum absolute atomic E-state index is 9.17. The van der Waals surface area contributed by atoms with Crippen molar-refractivity contribution in [1.29, 1.82) is 0 Å². The van der Waals surface area contributed by atoms with Crippen LogP contribution in [0.3, 0.4) is 0 Å². The second kappa shape index (κ2) is 13.9. The molecule has 294 valence electrons. The molecule has 0 unspecified atom stereocenters. The second-order valence-corrected chi connectivity index (χ2v) is 18.6. The molecular formula is C58H49BN2. The Morgan fingerprint density at radius 1 is 0.410 bits per heavy atom. The molecule has 9 aromatic rings. The Balaban J connectivity index is 1.31. The number of nitrogens with zero attached hydrogens (tertiary/aromatic N) is 2. The van der Waals surface area contributed by atoms with Crippen LogP contribution >= 0.6 is 0 Å². The number of rotatable bonds is 4. The molecule has 0 saturated carbocycles. The van der Waals surface area contributed by atoms with E-state index in [1.807, 2.05) is 36.4 Å². The van der Waals surface area contributed by atoms with Crippen LogP contribution in [-0.4, -0.2) is 6.71 Å². The molecule has 0 fully saturated rings. The SMILES string of the molecule is [2H]c1c([2H])c([2H])c(-c2c3ccccc3c(-c3cc4c5c(c3)N(c3ccccc3)c3cc(C(C)(C)C)ccc3B5c3ccc(C(C)(C)C)cc3N4c3ccccc3)c3ccccc23)c([2H])c1[2H]. The zero-order valence-corrected chi connectivity index (χ0v) is 35.5. The van der Waals surface area contributed by atoms with E-state index in [0.29, 0.717) is 5.56 Å². The average Bonchev–Trinajstić information content (AvgIpc) is 3.32. The molecule has 11 rings (SSSR count). The molecule has 0 aliphatic carbocycles. The fourth-order valence-corrected chi connectivity index (χ4v) is 9.86. The molecule has 0 bridgehead atoms. The molecule has 0 atom stereocenters. The van der Waals surface area contributed by atoms with Gasteiger partial charge in [-0.05, 0) is 131 Å². The van der Waals surface area contributed by atoms with Crippen LogP contribution in [0.5, 0.6) is 0 Å². The van der Waals surface area contributed by atoms with Gasteiger partial charge in [0.25, 0.3) is 6.71 Å². The third kappa shape index (κ3) is 5.93. The van der Waals surface area contributed by atoms with Gasteiger partial charge in [-0.1, -0.05) is 181 Å². The maximum Gasteiger partial charge on any atom is 0.252 e. The van der Waals surface area contributed by atoms with Gasteiger partial charge in [-0.3, -0.25) is 0 Å². The highest BCUT2D eigenvalue weighted by atomic mass is 15.2. The number of fused-ring (bicyclic) bond motifs is 6. The van der Waals surface area contributed by atoms with Crippen molar-refractivity contribution in [3.63, 3.8) is 0 Å². The molecule has 2 nitrogen and oxygen atoms in total. The third-order valence-electron chi connectivity index (χ3n) is 12.8. The first kappa shape index (κ1) is 32.0. The standard InChI is InChI=1S/C58H49BN2/c1-57(2,3)40-30-32-48-50(36-40)60(42-22-12-8-13-23-42)52-34-39(55-46-28-18-16-26-44(46)54(38-20-10-7-11-21-38)45-27-17-19-29-47(45)55)35-53-56(52)59(48)49-33-31-41(58(4,5)6)37-51(49)61(53)43-24-14-9-15-25-43/h7-37H,1-6H3/i7D,10D,11D,20D,21D. The van der Waals surface area contributed by atoms with E-state index in [9.17, 15) is 2.74 Å². The van der Waals surface area contributed by atoms with Crippen LogP contribution in [0.25, 0.3) is 43.8 Å². The topological polar surface area (TPSA) is 6.48 Å². The molecule has 2 heterocycles. The molecule has 61 heavy (non-hydrogen) atoms. The van der Waals surface area contributed by atoms with Gasteiger partial charge >= 0.3 is 0 Å². The van der Waals surface area contributed by atoms with Crippen molar-refractivity contribution in [3.8, 4) is 22.3 Å². The number of hydrogen-bond acceptors (Lipinski definition) is 2. The van der Waals surface area contributed by atoms with E-state index in [1.54, 1.807) is 0 Å². The smallest absolute Gasteiger partial charge is 0.252 e. The van der Waals surface area contributed by atoms with Gasteiger partial charge in [0.2, 0.25) is 0 Å². The van der Waals surface area contributed by atoms with Crippen molar-refractivity contribution < 1.29 is 6.85 Å². The maximum atomic E-state index is 9.17. The molecule has 0 N–H and O–H groups in total. The minimum atomic E-state index is -0.404. The van der Waals surface area contributed by atoms with E-state index in [0.717, 1.165) is 66.8 Å². The Labute approximate surface area is 367 Å². The van der Waals surface area contributed by atoms with E-state index in [2.05, 4.69) is 173 Å². The summed E-state index contributed by atoms with van der Waals surface area (Å²) in [5.74, 6) is 0. The van der Waals surface area contributed by atoms with E-state index in [-0.39, 0.29) is 47.3 Å². The monoisotopic (exact) mass is 789 g/mol. The van der Waals surface area contributed by atoms with Crippen molar-refractivity contribution in [2.24, 2.45) is 0 Å². The Kier molecular flexibility index (Phi) is 7.27. The largest absolute Gasteiger partial charge is 0.311 e. The number of benzene rings is 9. The van der Waals surface area contributed by atoms with Crippen molar-refractivity contribution in [2.75, 3.05) is 9.80 Å². The lowest BCUT2D eigenvalue weighted by atomic mass is 9.33. The summed E-state index contributed by atoms with van der Waals surface area (Å²) in [5.41, 5.74) is 15.5. The lowest BCUT2D eigenvalue weighted by molar-refractivity contribution is 0.590. The van der Waals surface area contributed by atoms with Crippen LogP contribution in [0.1, 0.15) is 59.5 Å². The Morgan fingerprint density at radius 3 is 1.21 bits per heavy atom. The predicted octanol–water partition coefficient (Wildman–Crippen LogP) is 14.0. The van der Waals surface area contributed by atoms with Crippen LogP contribution in [0.15, 0.2) is 188 Å². The van der Waals surface area contributed by atoms with Gasteiger partial charge in [-0.25, -0.2) is 0 Å². The zero-order chi connectivity index (χ0) is 46.0. The first-order valence-corrected chi connectivity index (χ1v) is 21.3. The normalized spacial score (nSPS) is 14.5. The fourth-order valence-electron chi connectivity index (χ4n) is 9.86. The quantitative estimate of drug-likeness (QED) is 0.129. The zero-order valence-electron chi connectivity index (χ0n) is 40.5. The molecule has 2 aliphatic rings. The van der Waals surface area contributed by atoms with Gasteiger partial charge < -0.3 is 9.80 Å². The summed E-state index contributed by atoms with van der Waals surface area (Å²) in [6.07, 6.45) is 0. The summed E-state index contributed by atoms with van der Waals surface area (Å²) < 4.78 is 44.2. The van der Waals surface area contributed by atoms with Gasteiger partial charge in [0.05, 0.1) is 6.85 Å². The summed E-state index contributed by atoms with van der Waals surface area (Å²) in [4.78, 5) is 4.93. The van der Waals surface area contributed by atoms with Gasteiger partial charge in [-0.2, -0.15) is 0 Å². The van der Waals surface area contributed by atoms with E-state index in [4.69, 9.17) is 4.11 Å². The molecule has 0 spiro atoms. The van der Waals surface area contributed by atoms with Crippen LogP contribution in [0.2, 0.25) is 0 Å². The van der Waals surface area contributed by atoms with Crippen molar-refractivity contribution in [3.05, 3.63) is 199 Å². The molecule has 0 amide bonds. The molecule has 0 radical (unpaired) electrons. The average molecular weight is 790 g/mol. The summed E-state index contributed by atoms with van der Waals surface area (Å²) in [7, 11) is 0. The van der Waals surface area contributed by atoms with Gasteiger partial charge in [-0.15, -0.1) is 0 Å². The van der Waals surface area contributed by atoms with Crippen molar-refractivity contribution in [1.82, 2.24) is 0 Å². The lowest BCUT2D eigenvalue weighted by Gasteiger charge is -2.45. The molecule has 0 saturated heterocycles. The molecular weight excluding hydrogens is 735 g/mol. The number of para-hydroxylation sites is 2. The van der Waals surface area contributed by atoms with Crippen LogP contribution in [-0.2, 0) is 10.8 Å². The van der Waals surface area contributed by atoms with Gasteiger partial charge in [0.1, 0.15) is 0 Å². The van der Waals surface area contributed by atoms with Gasteiger partial charge in [0.15, 0.2) is 0 Å². The Bertz CT molecular complexity index is 3250. The molecule has 3 heteroatoms. The van der Waals surface area contributed by atoms with Crippen LogP contribution in [0.4, 0.5) is 34.1 Å². The fraction of sp³-hybridized carbons (Fsp3) is 0.138. The van der Waals surface area contributed by atoms with Crippen molar-refractivity contribution >= 4 is 78.8 Å². The predicted molar refractivity (Wildman–Crippen MR) is 264 cm³/mol. The Hall–Kier alpha value is -6.84. The van der Waals surface area contributed by atoms with Crippen molar-refractivity contribution in [2.45, 2.75) is 52.4 Å². The number of hydrogen-bond donors (Lipinski definition) is 0. The second-order valence-electron chi connectivity index (χ2n) is 18.6.